The highest BCUT2D eigenvalue weighted by Gasteiger charge is 2.26. The number of aryl methyl sites for hydroxylation is 1. The minimum Gasteiger partial charge on any atom is -0.496 e. The molecule has 2 amide bonds. The number of benzene rings is 1. The van der Waals surface area contributed by atoms with E-state index >= 15 is 0 Å². The molecule has 1 aromatic carbocycles. The molecule has 0 aromatic heterocycles. The molecule has 0 spiro atoms. The Labute approximate surface area is 144 Å². The minimum atomic E-state index is -0.545. The Balaban J connectivity index is 1.95. The number of carbonyl (C=O) groups is 2. The topological polar surface area (TPSA) is 67.4 Å². The van der Waals surface area contributed by atoms with Crippen molar-refractivity contribution in [1.29, 1.82) is 0 Å². The van der Waals surface area contributed by atoms with Gasteiger partial charge in [0.2, 0.25) is 11.8 Å². The van der Waals surface area contributed by atoms with E-state index in [1.54, 1.807) is 14.0 Å². The molecule has 2 N–H and O–H groups in total. The molecule has 1 saturated carbocycles. The molecular weight excluding hydrogens is 304 g/mol. The number of nitrogens with one attached hydrogen (secondary N) is 2. The Morgan fingerprint density at radius 3 is 2.46 bits per heavy atom. The maximum atomic E-state index is 12.4. The highest BCUT2D eigenvalue weighted by Crippen LogP contribution is 2.26. The number of ether oxygens (including phenoxy) is 1. The van der Waals surface area contributed by atoms with Crippen molar-refractivity contribution in [2.75, 3.05) is 7.11 Å². The molecule has 0 unspecified atom stereocenters. The van der Waals surface area contributed by atoms with Crippen molar-refractivity contribution in [3.8, 4) is 5.75 Å². The van der Waals surface area contributed by atoms with E-state index in [0.717, 1.165) is 42.6 Å². The average Bonchev–Trinajstić information content (AvgIpc) is 3.09. The van der Waals surface area contributed by atoms with Gasteiger partial charge in [0.1, 0.15) is 11.8 Å². The minimum absolute atomic E-state index is 0.00376. The van der Waals surface area contributed by atoms with Gasteiger partial charge in [-0.1, -0.05) is 30.5 Å². The molecular formula is C19H28N2O3. The van der Waals surface area contributed by atoms with Gasteiger partial charge in [-0.2, -0.15) is 0 Å². The number of hydrogen-bond donors (Lipinski definition) is 2. The van der Waals surface area contributed by atoms with E-state index in [2.05, 4.69) is 10.6 Å². The molecule has 0 aliphatic heterocycles. The Hall–Kier alpha value is -2.04. The summed E-state index contributed by atoms with van der Waals surface area (Å²) in [5.41, 5.74) is 2.04. The molecule has 132 valence electrons. The summed E-state index contributed by atoms with van der Waals surface area (Å²) in [6, 6.07) is 5.14. The predicted molar refractivity (Wildman–Crippen MR) is 93.9 cm³/mol. The second kappa shape index (κ2) is 8.18. The summed E-state index contributed by atoms with van der Waals surface area (Å²) >= 11 is 0. The van der Waals surface area contributed by atoms with Crippen molar-refractivity contribution in [1.82, 2.24) is 10.6 Å². The van der Waals surface area contributed by atoms with Crippen LogP contribution in [-0.4, -0.2) is 25.0 Å². The summed E-state index contributed by atoms with van der Waals surface area (Å²) < 4.78 is 5.37. The number of rotatable bonds is 6. The Kier molecular flexibility index (Phi) is 6.23. The maximum Gasteiger partial charge on any atom is 0.242 e. The van der Waals surface area contributed by atoms with Crippen LogP contribution in [0.5, 0.6) is 5.75 Å². The summed E-state index contributed by atoms with van der Waals surface area (Å²) in [4.78, 5) is 24.5. The smallest absolute Gasteiger partial charge is 0.242 e. The van der Waals surface area contributed by atoms with E-state index in [9.17, 15) is 9.59 Å². The van der Waals surface area contributed by atoms with Gasteiger partial charge >= 0.3 is 0 Å². The second-order valence-corrected chi connectivity index (χ2v) is 6.69. The lowest BCUT2D eigenvalue weighted by atomic mass is 10.0. The third-order valence-electron chi connectivity index (χ3n) is 4.69. The Morgan fingerprint density at radius 2 is 1.83 bits per heavy atom. The van der Waals surface area contributed by atoms with Crippen molar-refractivity contribution in [2.45, 2.75) is 58.5 Å². The van der Waals surface area contributed by atoms with E-state index in [4.69, 9.17) is 4.74 Å². The largest absolute Gasteiger partial charge is 0.496 e. The molecule has 5 nitrogen and oxygen atoms in total. The molecule has 5 heteroatoms. The monoisotopic (exact) mass is 332 g/mol. The molecule has 1 fully saturated rings. The molecule has 1 aliphatic carbocycles. The molecule has 1 aromatic rings. The third kappa shape index (κ3) is 4.49. The summed E-state index contributed by atoms with van der Waals surface area (Å²) in [5, 5.41) is 5.80. The van der Waals surface area contributed by atoms with Crippen LogP contribution in [0.3, 0.4) is 0 Å². The van der Waals surface area contributed by atoms with Gasteiger partial charge in [-0.05, 0) is 39.7 Å². The SMILES string of the molecule is COc1ccc(C)cc1[C@H](C)NC(=O)[C@@H](C)NC(=O)C1CCCC1. The van der Waals surface area contributed by atoms with Gasteiger partial charge in [0.15, 0.2) is 0 Å². The maximum absolute atomic E-state index is 12.4. The lowest BCUT2D eigenvalue weighted by molar-refractivity contribution is -0.131. The quantitative estimate of drug-likeness (QED) is 0.842. The first-order valence-corrected chi connectivity index (χ1v) is 8.67. The average molecular weight is 332 g/mol. The summed E-state index contributed by atoms with van der Waals surface area (Å²) in [7, 11) is 1.62. The van der Waals surface area contributed by atoms with Crippen LogP contribution in [0, 0.1) is 12.8 Å². The first kappa shape index (κ1) is 18.3. The zero-order valence-corrected chi connectivity index (χ0v) is 15.0. The number of amides is 2. The highest BCUT2D eigenvalue weighted by atomic mass is 16.5. The summed E-state index contributed by atoms with van der Waals surface area (Å²) in [6.07, 6.45) is 4.06. The fourth-order valence-electron chi connectivity index (χ4n) is 3.19. The van der Waals surface area contributed by atoms with Crippen molar-refractivity contribution >= 4 is 11.8 Å². The van der Waals surface area contributed by atoms with Crippen molar-refractivity contribution in [3.63, 3.8) is 0 Å². The van der Waals surface area contributed by atoms with Crippen LogP contribution in [-0.2, 0) is 9.59 Å². The van der Waals surface area contributed by atoms with Gasteiger partial charge in [0, 0.05) is 11.5 Å². The fourth-order valence-corrected chi connectivity index (χ4v) is 3.19. The van der Waals surface area contributed by atoms with E-state index in [0.29, 0.717) is 0 Å². The Bertz CT molecular complexity index is 594. The molecule has 0 bridgehead atoms. The van der Waals surface area contributed by atoms with Crippen LogP contribution in [0.2, 0.25) is 0 Å². The normalized spacial score (nSPS) is 17.2. The van der Waals surface area contributed by atoms with Gasteiger partial charge < -0.3 is 15.4 Å². The Morgan fingerprint density at radius 1 is 1.17 bits per heavy atom. The van der Waals surface area contributed by atoms with Gasteiger partial charge in [0.05, 0.1) is 13.2 Å². The molecule has 0 heterocycles. The van der Waals surface area contributed by atoms with Crippen LogP contribution >= 0.6 is 0 Å². The number of methoxy groups -OCH3 is 1. The number of hydrogen-bond acceptors (Lipinski definition) is 3. The summed E-state index contributed by atoms with van der Waals surface area (Å²) in [5.74, 6) is 0.624. The van der Waals surface area contributed by atoms with Crippen LogP contribution in [0.25, 0.3) is 0 Å². The number of carbonyl (C=O) groups excluding carboxylic acids is 2. The predicted octanol–water partition coefficient (Wildman–Crippen LogP) is 2.88. The van der Waals surface area contributed by atoms with Gasteiger partial charge in [0.25, 0.3) is 0 Å². The van der Waals surface area contributed by atoms with Gasteiger partial charge in [-0.15, -0.1) is 0 Å². The standard InChI is InChI=1S/C19H28N2O3/c1-12-9-10-17(24-4)16(11-12)13(2)20-18(22)14(3)21-19(23)15-7-5-6-8-15/h9-11,13-15H,5-8H2,1-4H3,(H,20,22)(H,21,23)/t13-,14+/m0/s1. The second-order valence-electron chi connectivity index (χ2n) is 6.69. The van der Waals surface area contributed by atoms with E-state index in [1.165, 1.54) is 0 Å². The van der Waals surface area contributed by atoms with Crippen LogP contribution in [0.4, 0.5) is 0 Å². The van der Waals surface area contributed by atoms with Crippen molar-refractivity contribution < 1.29 is 14.3 Å². The zero-order chi connectivity index (χ0) is 17.7. The van der Waals surface area contributed by atoms with E-state index in [1.807, 2.05) is 32.0 Å². The van der Waals surface area contributed by atoms with E-state index < -0.39 is 6.04 Å². The first-order valence-electron chi connectivity index (χ1n) is 8.67. The molecule has 2 atom stereocenters. The molecule has 0 saturated heterocycles. The highest BCUT2D eigenvalue weighted by molar-refractivity contribution is 5.88. The van der Waals surface area contributed by atoms with Crippen LogP contribution < -0.4 is 15.4 Å². The fraction of sp³-hybridized carbons (Fsp3) is 0.579. The lowest BCUT2D eigenvalue weighted by Crippen LogP contribution is -2.47. The first-order chi connectivity index (χ1) is 11.4. The van der Waals surface area contributed by atoms with Gasteiger partial charge in [-0.3, -0.25) is 9.59 Å². The van der Waals surface area contributed by atoms with E-state index in [-0.39, 0.29) is 23.8 Å². The van der Waals surface area contributed by atoms with Crippen molar-refractivity contribution in [2.24, 2.45) is 5.92 Å². The molecule has 1 aliphatic rings. The van der Waals surface area contributed by atoms with Crippen LogP contribution in [0.15, 0.2) is 18.2 Å². The third-order valence-corrected chi connectivity index (χ3v) is 4.69. The zero-order valence-electron chi connectivity index (χ0n) is 15.0. The lowest BCUT2D eigenvalue weighted by Gasteiger charge is -2.21. The molecule has 2 rings (SSSR count). The van der Waals surface area contributed by atoms with Gasteiger partial charge in [-0.25, -0.2) is 0 Å². The van der Waals surface area contributed by atoms with Crippen LogP contribution in [0.1, 0.15) is 56.7 Å². The molecule has 24 heavy (non-hydrogen) atoms. The van der Waals surface area contributed by atoms with Crippen molar-refractivity contribution in [3.05, 3.63) is 29.3 Å². The summed E-state index contributed by atoms with van der Waals surface area (Å²) in [6.45, 7) is 5.64. The molecule has 0 radical (unpaired) electrons.